The summed E-state index contributed by atoms with van der Waals surface area (Å²) in [6, 6.07) is 12.0. The van der Waals surface area contributed by atoms with E-state index in [1.54, 1.807) is 18.2 Å². The van der Waals surface area contributed by atoms with E-state index in [0.717, 1.165) is 11.1 Å². The highest BCUT2D eigenvalue weighted by molar-refractivity contribution is 6.30. The summed E-state index contributed by atoms with van der Waals surface area (Å²) >= 11 is 5.95. The number of nitro benzene ring substituents is 1. The third-order valence-electron chi connectivity index (χ3n) is 4.78. The molecule has 3 aromatic rings. The van der Waals surface area contributed by atoms with Crippen LogP contribution in [0.15, 0.2) is 48.5 Å². The van der Waals surface area contributed by atoms with Gasteiger partial charge < -0.3 is 10.6 Å². The molecule has 1 aliphatic rings. The minimum absolute atomic E-state index is 0.135. The molecule has 0 aliphatic carbocycles. The normalized spacial score (nSPS) is 14.9. The fourth-order valence-electron chi connectivity index (χ4n) is 3.43. The van der Waals surface area contributed by atoms with Gasteiger partial charge in [0, 0.05) is 28.4 Å². The molecule has 10 heteroatoms. The lowest BCUT2D eigenvalue weighted by atomic mass is 10.1. The second kappa shape index (κ2) is 7.60. The lowest BCUT2D eigenvalue weighted by Crippen LogP contribution is -2.23. The number of non-ortho nitro benzene ring substituents is 1. The Bertz CT molecular complexity index is 1170. The van der Waals surface area contributed by atoms with Crippen LogP contribution in [0.1, 0.15) is 18.2 Å². The zero-order chi connectivity index (χ0) is 21.4. The first-order chi connectivity index (χ1) is 14.3. The highest BCUT2D eigenvalue weighted by Crippen LogP contribution is 2.38. The van der Waals surface area contributed by atoms with Gasteiger partial charge in [0.15, 0.2) is 0 Å². The molecular weight excluding hydrogens is 410 g/mol. The number of halogens is 1. The topological polar surface area (TPSA) is 119 Å². The summed E-state index contributed by atoms with van der Waals surface area (Å²) in [5, 5.41) is 21.3. The Labute approximate surface area is 175 Å². The van der Waals surface area contributed by atoms with Crippen molar-refractivity contribution in [3.63, 3.8) is 0 Å². The second-order valence-corrected chi connectivity index (χ2v) is 7.26. The third-order valence-corrected chi connectivity index (χ3v) is 5.03. The lowest BCUT2D eigenvalue weighted by Gasteiger charge is -2.10. The van der Waals surface area contributed by atoms with Crippen LogP contribution in [-0.2, 0) is 9.59 Å². The molecule has 2 aromatic carbocycles. The number of aryl methyl sites for hydroxylation is 1. The monoisotopic (exact) mass is 425 g/mol. The van der Waals surface area contributed by atoms with E-state index in [1.807, 2.05) is 19.1 Å². The average Bonchev–Trinajstić information content (AvgIpc) is 3.17. The van der Waals surface area contributed by atoms with Gasteiger partial charge in [-0.3, -0.25) is 19.7 Å². The van der Waals surface area contributed by atoms with Crippen LogP contribution in [0.5, 0.6) is 0 Å². The van der Waals surface area contributed by atoms with Crippen LogP contribution in [0.3, 0.4) is 0 Å². The van der Waals surface area contributed by atoms with Gasteiger partial charge >= 0.3 is 0 Å². The van der Waals surface area contributed by atoms with Crippen LogP contribution < -0.4 is 10.6 Å². The van der Waals surface area contributed by atoms with Crippen molar-refractivity contribution in [2.75, 3.05) is 10.6 Å². The summed E-state index contributed by atoms with van der Waals surface area (Å²) in [6.45, 7) is 1.82. The number of carbonyl (C=O) groups excluding carboxylic acids is 2. The van der Waals surface area contributed by atoms with Crippen molar-refractivity contribution in [1.82, 2.24) is 9.78 Å². The van der Waals surface area contributed by atoms with Crippen molar-refractivity contribution < 1.29 is 14.5 Å². The maximum absolute atomic E-state index is 12.5. The largest absolute Gasteiger partial charge is 0.326 e. The number of amides is 2. The predicted octanol–water partition coefficient (Wildman–Crippen LogP) is 3.94. The molecule has 0 fully saturated rings. The SMILES string of the molecule is Cc1nn2c(c1-c1ccc(Cl)cc1)NC(=O)C2CC(=O)Nc1cccc([N+](=O)[O-])c1. The third kappa shape index (κ3) is 3.62. The van der Waals surface area contributed by atoms with E-state index in [2.05, 4.69) is 15.7 Å². The summed E-state index contributed by atoms with van der Waals surface area (Å²) in [6.07, 6.45) is -0.164. The smallest absolute Gasteiger partial charge is 0.271 e. The molecule has 2 heterocycles. The van der Waals surface area contributed by atoms with Gasteiger partial charge in [-0.25, -0.2) is 4.68 Å². The highest BCUT2D eigenvalue weighted by atomic mass is 35.5. The quantitative estimate of drug-likeness (QED) is 0.474. The number of rotatable bonds is 5. The van der Waals surface area contributed by atoms with E-state index >= 15 is 0 Å². The summed E-state index contributed by atoms with van der Waals surface area (Å²) in [7, 11) is 0. The van der Waals surface area contributed by atoms with E-state index in [1.165, 1.54) is 22.9 Å². The van der Waals surface area contributed by atoms with E-state index in [9.17, 15) is 19.7 Å². The molecule has 2 amide bonds. The van der Waals surface area contributed by atoms with Crippen molar-refractivity contribution in [2.45, 2.75) is 19.4 Å². The Balaban J connectivity index is 1.56. The van der Waals surface area contributed by atoms with E-state index in [0.29, 0.717) is 16.5 Å². The molecule has 0 bridgehead atoms. The number of hydrogen-bond donors (Lipinski definition) is 2. The Morgan fingerprint density at radius 1 is 1.30 bits per heavy atom. The number of nitrogens with zero attached hydrogens (tertiary/aromatic N) is 3. The van der Waals surface area contributed by atoms with Gasteiger partial charge in [0.1, 0.15) is 11.9 Å². The van der Waals surface area contributed by atoms with E-state index in [4.69, 9.17) is 11.6 Å². The Hall–Kier alpha value is -3.72. The number of aromatic nitrogens is 2. The summed E-state index contributed by atoms with van der Waals surface area (Å²) in [5.74, 6) is -0.278. The summed E-state index contributed by atoms with van der Waals surface area (Å²) < 4.78 is 1.51. The molecule has 0 spiro atoms. The fourth-order valence-corrected chi connectivity index (χ4v) is 3.56. The Morgan fingerprint density at radius 3 is 2.73 bits per heavy atom. The first-order valence-electron chi connectivity index (χ1n) is 9.03. The molecule has 1 atom stereocenters. The number of nitro groups is 1. The Morgan fingerprint density at radius 2 is 2.03 bits per heavy atom. The van der Waals surface area contributed by atoms with Crippen LogP contribution in [-0.4, -0.2) is 26.5 Å². The maximum Gasteiger partial charge on any atom is 0.271 e. The predicted molar refractivity (Wildman–Crippen MR) is 111 cm³/mol. The van der Waals surface area contributed by atoms with Gasteiger partial charge in [-0.1, -0.05) is 29.8 Å². The highest BCUT2D eigenvalue weighted by Gasteiger charge is 2.36. The number of hydrogen-bond acceptors (Lipinski definition) is 5. The van der Waals surface area contributed by atoms with Crippen molar-refractivity contribution in [3.05, 3.63) is 69.4 Å². The molecule has 9 nitrogen and oxygen atoms in total. The number of benzene rings is 2. The number of carbonyl (C=O) groups is 2. The number of nitrogens with one attached hydrogen (secondary N) is 2. The first-order valence-corrected chi connectivity index (χ1v) is 9.41. The van der Waals surface area contributed by atoms with Gasteiger partial charge in [-0.05, 0) is 30.7 Å². The van der Waals surface area contributed by atoms with Gasteiger partial charge in [0.25, 0.3) is 11.6 Å². The minimum Gasteiger partial charge on any atom is -0.326 e. The van der Waals surface area contributed by atoms with Crippen molar-refractivity contribution >= 4 is 40.6 Å². The second-order valence-electron chi connectivity index (χ2n) is 6.83. The number of anilines is 2. The van der Waals surface area contributed by atoms with Gasteiger partial charge in [-0.15, -0.1) is 0 Å². The van der Waals surface area contributed by atoms with Crippen LogP contribution in [0.4, 0.5) is 17.2 Å². The molecule has 30 heavy (non-hydrogen) atoms. The van der Waals surface area contributed by atoms with Crippen LogP contribution in [0, 0.1) is 17.0 Å². The van der Waals surface area contributed by atoms with Crippen LogP contribution >= 0.6 is 11.6 Å². The Kier molecular flexibility index (Phi) is 4.96. The van der Waals surface area contributed by atoms with Gasteiger partial charge in [0.2, 0.25) is 5.91 Å². The van der Waals surface area contributed by atoms with E-state index < -0.39 is 16.9 Å². The molecule has 152 valence electrons. The average molecular weight is 426 g/mol. The van der Waals surface area contributed by atoms with Gasteiger partial charge in [0.05, 0.1) is 17.0 Å². The van der Waals surface area contributed by atoms with Crippen LogP contribution in [0.2, 0.25) is 5.02 Å². The molecule has 2 N–H and O–H groups in total. The van der Waals surface area contributed by atoms with Crippen molar-refractivity contribution in [2.24, 2.45) is 0 Å². The summed E-state index contributed by atoms with van der Waals surface area (Å²) in [4.78, 5) is 35.3. The first kappa shape index (κ1) is 19.6. The molecule has 1 aromatic heterocycles. The standard InChI is InChI=1S/C20H16ClN5O4/c1-11-18(12-5-7-13(21)8-6-12)19-23-20(28)16(25(19)24-11)10-17(27)22-14-3-2-4-15(9-14)26(29)30/h2-9,16H,10H2,1H3,(H,22,27)(H,23,28). The lowest BCUT2D eigenvalue weighted by molar-refractivity contribution is -0.384. The van der Waals surface area contributed by atoms with Crippen LogP contribution in [0.25, 0.3) is 11.1 Å². The molecule has 1 aliphatic heterocycles. The zero-order valence-electron chi connectivity index (χ0n) is 15.8. The fraction of sp³-hybridized carbons (Fsp3) is 0.150. The zero-order valence-corrected chi connectivity index (χ0v) is 16.5. The van der Waals surface area contributed by atoms with Crippen molar-refractivity contribution in [3.8, 4) is 11.1 Å². The molecule has 0 saturated heterocycles. The minimum atomic E-state index is -0.821. The molecule has 0 radical (unpaired) electrons. The van der Waals surface area contributed by atoms with Crippen molar-refractivity contribution in [1.29, 1.82) is 0 Å². The van der Waals surface area contributed by atoms with E-state index in [-0.39, 0.29) is 23.7 Å². The molecule has 0 saturated carbocycles. The molecular formula is C20H16ClN5O4. The number of fused-ring (bicyclic) bond motifs is 1. The molecule has 4 rings (SSSR count). The summed E-state index contributed by atoms with van der Waals surface area (Å²) in [5.41, 5.74) is 2.47. The maximum atomic E-state index is 12.5. The molecule has 1 unspecified atom stereocenters. The van der Waals surface area contributed by atoms with Gasteiger partial charge in [-0.2, -0.15) is 5.10 Å².